The van der Waals surface area contributed by atoms with Crippen molar-refractivity contribution in [3.8, 4) is 0 Å². The Morgan fingerprint density at radius 3 is 1.85 bits per heavy atom. The van der Waals surface area contributed by atoms with Crippen LogP contribution in [0.4, 0.5) is 0 Å². The molecule has 1 saturated carbocycles. The Kier molecular flexibility index (Phi) is 15.3. The fourth-order valence-corrected chi connectivity index (χ4v) is 7.00. The summed E-state index contributed by atoms with van der Waals surface area (Å²) in [7, 11) is 1.58. The van der Waals surface area contributed by atoms with Crippen molar-refractivity contribution in [3.63, 3.8) is 0 Å². The fraction of sp³-hybridized carbons (Fsp3) is 0.636. The number of hydrogen-bond donors (Lipinski definition) is 4. The zero-order valence-electron chi connectivity index (χ0n) is 29.9. The van der Waals surface area contributed by atoms with Crippen LogP contribution in [-0.4, -0.2) is 121 Å². The molecule has 2 aliphatic heterocycles. The van der Waals surface area contributed by atoms with Gasteiger partial charge in [-0.25, -0.2) is 0 Å². The van der Waals surface area contributed by atoms with Crippen molar-refractivity contribution in [2.75, 3.05) is 13.6 Å². The van der Waals surface area contributed by atoms with Crippen molar-refractivity contribution in [2.45, 2.75) is 118 Å². The summed E-state index contributed by atoms with van der Waals surface area (Å²) in [4.78, 5) is 11.7. The van der Waals surface area contributed by atoms with Crippen LogP contribution < -0.4 is 5.32 Å². The minimum atomic E-state index is -1.75. The summed E-state index contributed by atoms with van der Waals surface area (Å²) >= 11 is 0. The predicted molar refractivity (Wildman–Crippen MR) is 191 cm³/mol. The van der Waals surface area contributed by atoms with Crippen LogP contribution in [0.25, 0.3) is 41.8 Å². The molecule has 294 valence electrons. The van der Waals surface area contributed by atoms with E-state index in [4.69, 9.17) is 34.0 Å². The van der Waals surface area contributed by atoms with Gasteiger partial charge in [-0.2, -0.15) is 0 Å². The number of benzene rings is 2. The van der Waals surface area contributed by atoms with Crippen LogP contribution in [0.15, 0.2) is 81.1 Å². The van der Waals surface area contributed by atoms with Gasteiger partial charge in [-0.1, -0.05) is 81.1 Å². The summed E-state index contributed by atoms with van der Waals surface area (Å²) in [5.41, 5.74) is 39.3. The first kappa shape index (κ1) is 41.4. The molecule has 0 radical (unpaired) electrons. The molecule has 22 heteroatoms. The highest BCUT2D eigenvalue weighted by molar-refractivity contribution is 5.15. The summed E-state index contributed by atoms with van der Waals surface area (Å²) in [5, 5.41) is 51.6. The molecule has 4 N–H and O–H groups in total. The van der Waals surface area contributed by atoms with Crippen LogP contribution in [0.5, 0.6) is 0 Å². The van der Waals surface area contributed by atoms with E-state index in [9.17, 15) is 31.9 Å². The number of hydrogen-bond acceptors (Lipinski definition) is 14. The fourth-order valence-electron chi connectivity index (χ4n) is 7.00. The van der Waals surface area contributed by atoms with Crippen molar-refractivity contribution in [2.24, 2.45) is 20.5 Å². The lowest BCUT2D eigenvalue weighted by atomic mass is 9.83. The molecule has 3 fully saturated rings. The normalized spacial score (nSPS) is 35.9. The van der Waals surface area contributed by atoms with Gasteiger partial charge in [0.1, 0.15) is 30.5 Å². The van der Waals surface area contributed by atoms with Gasteiger partial charge in [0.05, 0.1) is 62.4 Å². The van der Waals surface area contributed by atoms with E-state index in [1.165, 1.54) is 6.92 Å². The molecule has 5 rings (SSSR count). The Hall–Kier alpha value is -4.72. The third-order valence-corrected chi connectivity index (χ3v) is 9.79. The van der Waals surface area contributed by atoms with Crippen LogP contribution in [0.1, 0.15) is 24.5 Å². The molecular weight excluding hydrogens is 722 g/mol. The first-order chi connectivity index (χ1) is 26.7. The predicted octanol–water partition coefficient (Wildman–Crippen LogP) is 3.82. The first-order valence-electron chi connectivity index (χ1n) is 17.5. The SMILES string of the molecule is CN[C@@H]1CC(N=[N+]=[N-])[C@@H](O[C@H]2OC(CN=[N+]=[N-])[C@@H](OCc3ccccc3)[C@@H](OCc3ccccc3)C2N=[N+]=[N-])[C@H](O[C@@H]2OC(C)[C@@H](N=[N+]=[N-])[C@H](O)C2O)C1O. The maximum Gasteiger partial charge on any atom is 0.186 e. The lowest BCUT2D eigenvalue weighted by Crippen LogP contribution is -2.66. The molecule has 2 saturated heterocycles. The van der Waals surface area contributed by atoms with Crippen LogP contribution in [0, 0.1) is 0 Å². The summed E-state index contributed by atoms with van der Waals surface area (Å²) in [5.74, 6) is 0. The second kappa shape index (κ2) is 20.3. The summed E-state index contributed by atoms with van der Waals surface area (Å²) in [6, 6.07) is 14.2. The zero-order chi connectivity index (χ0) is 39.3. The van der Waals surface area contributed by atoms with E-state index in [2.05, 4.69) is 45.4 Å². The Morgan fingerprint density at radius 2 is 1.27 bits per heavy atom. The van der Waals surface area contributed by atoms with Crippen LogP contribution >= 0.6 is 0 Å². The monoisotopic (exact) mass is 765 g/mol. The van der Waals surface area contributed by atoms with Gasteiger partial charge < -0.3 is 49.1 Å². The van der Waals surface area contributed by atoms with E-state index in [0.717, 1.165) is 11.1 Å². The quantitative estimate of drug-likeness (QED) is 0.109. The molecule has 0 spiro atoms. The first-order valence-corrected chi connectivity index (χ1v) is 17.5. The average molecular weight is 766 g/mol. The van der Waals surface area contributed by atoms with Crippen LogP contribution in [0.3, 0.4) is 0 Å². The van der Waals surface area contributed by atoms with E-state index in [0.29, 0.717) is 0 Å². The van der Waals surface area contributed by atoms with Gasteiger partial charge in [0.25, 0.3) is 0 Å². The van der Waals surface area contributed by atoms with Crippen molar-refractivity contribution in [1.29, 1.82) is 0 Å². The summed E-state index contributed by atoms with van der Waals surface area (Å²) in [6.45, 7) is 1.38. The molecule has 0 amide bonds. The molecule has 22 nitrogen and oxygen atoms in total. The Morgan fingerprint density at radius 1 is 0.691 bits per heavy atom. The van der Waals surface area contributed by atoms with Gasteiger partial charge in [-0.3, -0.25) is 0 Å². The van der Waals surface area contributed by atoms with Gasteiger partial charge in [0, 0.05) is 25.7 Å². The van der Waals surface area contributed by atoms with Crippen LogP contribution in [0.2, 0.25) is 0 Å². The Labute approximate surface area is 314 Å². The molecule has 55 heavy (non-hydrogen) atoms. The van der Waals surface area contributed by atoms with E-state index in [-0.39, 0.29) is 26.2 Å². The smallest absolute Gasteiger partial charge is 0.186 e. The number of rotatable bonds is 16. The molecule has 2 aromatic carbocycles. The number of nitrogens with one attached hydrogen (secondary N) is 1. The molecule has 6 unspecified atom stereocenters. The van der Waals surface area contributed by atoms with Crippen LogP contribution in [-0.2, 0) is 41.6 Å². The third-order valence-electron chi connectivity index (χ3n) is 9.79. The number of nitrogens with zero attached hydrogens (tertiary/aromatic N) is 12. The van der Waals surface area contributed by atoms with E-state index >= 15 is 0 Å². The van der Waals surface area contributed by atoms with E-state index in [1.807, 2.05) is 60.7 Å². The van der Waals surface area contributed by atoms with E-state index in [1.54, 1.807) is 7.05 Å². The second-order valence-electron chi connectivity index (χ2n) is 13.2. The standard InChI is InChI=1S/C33H43N13O9/c1-17-23(41-45-36)26(48)27(49)33(52-17)55-31-25(47)20(38-2)13-21(40-44-35)28(31)54-32-24(42-46-37)30(51-16-19-11-7-4-8-12-19)29(22(53-32)14-39-43-34)50-15-18-9-5-3-6-10-18/h3-12,17,20-33,38,47-49H,13-16H2,1-2H3/t17?,20-,21?,22?,23-,24?,25?,26+,27?,28-,29-,30+,31-,32-,33+/m1/s1. The average Bonchev–Trinajstić information content (AvgIpc) is 3.20. The highest BCUT2D eigenvalue weighted by atomic mass is 16.7. The molecule has 0 aromatic heterocycles. The molecule has 2 aromatic rings. The molecule has 0 bridgehead atoms. The number of ether oxygens (including phenoxy) is 6. The van der Waals surface area contributed by atoms with Crippen molar-refractivity contribution in [1.82, 2.24) is 5.32 Å². The number of azide groups is 4. The zero-order valence-corrected chi connectivity index (χ0v) is 29.9. The topological polar surface area (TPSA) is 323 Å². The number of aliphatic hydroxyl groups is 3. The Balaban J connectivity index is 1.52. The molecule has 2 heterocycles. The lowest BCUT2D eigenvalue weighted by Gasteiger charge is -2.50. The van der Waals surface area contributed by atoms with Gasteiger partial charge in [0.15, 0.2) is 12.6 Å². The van der Waals surface area contributed by atoms with Crippen molar-refractivity contribution in [3.05, 3.63) is 114 Å². The van der Waals surface area contributed by atoms with Gasteiger partial charge in [-0.05, 0) is 53.6 Å². The van der Waals surface area contributed by atoms with Crippen molar-refractivity contribution >= 4 is 0 Å². The molecule has 3 aliphatic rings. The summed E-state index contributed by atoms with van der Waals surface area (Å²) < 4.78 is 37.7. The largest absolute Gasteiger partial charge is 0.390 e. The summed E-state index contributed by atoms with van der Waals surface area (Å²) in [6.07, 6.45) is -14.6. The number of likely N-dealkylation sites (N-methyl/N-ethyl adjacent to an activating group) is 1. The van der Waals surface area contributed by atoms with Gasteiger partial charge in [0.2, 0.25) is 0 Å². The lowest BCUT2D eigenvalue weighted by molar-refractivity contribution is -0.332. The maximum atomic E-state index is 11.6. The molecular formula is C33H43N13O9. The van der Waals surface area contributed by atoms with Gasteiger partial charge >= 0.3 is 0 Å². The highest BCUT2D eigenvalue weighted by Gasteiger charge is 2.54. The third kappa shape index (κ3) is 10.1. The second-order valence-corrected chi connectivity index (χ2v) is 13.2. The van der Waals surface area contributed by atoms with Crippen molar-refractivity contribution < 1.29 is 43.7 Å². The minimum absolute atomic E-state index is 0.0378. The molecule has 15 atom stereocenters. The van der Waals surface area contributed by atoms with E-state index < -0.39 is 91.7 Å². The van der Waals surface area contributed by atoms with Gasteiger partial charge in [-0.15, -0.1) is 0 Å². The minimum Gasteiger partial charge on any atom is -0.390 e. The molecule has 1 aliphatic carbocycles. The maximum absolute atomic E-state index is 11.6. The number of aliphatic hydroxyl groups excluding tert-OH is 3. The Bertz CT molecular complexity index is 1730. The highest BCUT2D eigenvalue weighted by Crippen LogP contribution is 2.37.